The lowest BCUT2D eigenvalue weighted by atomic mass is 10.1. The molecular weight excluding hydrogens is 322 g/mol. The molecule has 1 amide bonds. The summed E-state index contributed by atoms with van der Waals surface area (Å²) in [5.41, 5.74) is 1.90. The Bertz CT molecular complexity index is 781. The van der Waals surface area contributed by atoms with Crippen molar-refractivity contribution >= 4 is 17.6 Å². The van der Waals surface area contributed by atoms with Crippen LogP contribution in [0.1, 0.15) is 47.2 Å². The number of hydrogen-bond acceptors (Lipinski definition) is 4. The van der Waals surface area contributed by atoms with Crippen LogP contribution in [0.3, 0.4) is 0 Å². The molecular formula is C18H23N3O4. The molecule has 0 aliphatic carbocycles. The fourth-order valence-corrected chi connectivity index (χ4v) is 2.62. The number of amides is 1. The number of carbonyl (C=O) groups excluding carboxylic acids is 1. The highest BCUT2D eigenvalue weighted by atomic mass is 16.5. The lowest BCUT2D eigenvalue weighted by Crippen LogP contribution is -2.16. The van der Waals surface area contributed by atoms with Crippen LogP contribution in [-0.4, -0.2) is 33.9 Å². The second-order valence-corrected chi connectivity index (χ2v) is 6.11. The number of nitrogens with one attached hydrogen (secondary N) is 1. The highest BCUT2D eigenvalue weighted by Gasteiger charge is 2.18. The van der Waals surface area contributed by atoms with E-state index in [2.05, 4.69) is 24.3 Å². The Hall–Kier alpha value is -2.83. The van der Waals surface area contributed by atoms with Gasteiger partial charge in [-0.1, -0.05) is 20.8 Å². The zero-order chi connectivity index (χ0) is 18.6. The van der Waals surface area contributed by atoms with Gasteiger partial charge in [-0.2, -0.15) is 5.10 Å². The molecule has 2 aromatic rings. The standard InChI is InChI=1S/C18H23N3O4/c1-5-15-14(9-19-21(15)10-11(2)3)17(22)20-12-6-7-13(18(23)24)16(8-12)25-4/h6-9,11H,5,10H2,1-4H3,(H,20,22)(H,23,24). The Labute approximate surface area is 146 Å². The van der Waals surface area contributed by atoms with Crippen LogP contribution >= 0.6 is 0 Å². The maximum absolute atomic E-state index is 12.6. The number of ether oxygens (including phenoxy) is 1. The minimum absolute atomic E-state index is 0.0412. The number of aromatic carboxylic acids is 1. The van der Waals surface area contributed by atoms with E-state index in [9.17, 15) is 9.59 Å². The zero-order valence-electron chi connectivity index (χ0n) is 14.9. The molecule has 0 spiro atoms. The van der Waals surface area contributed by atoms with Crippen molar-refractivity contribution in [3.63, 3.8) is 0 Å². The number of anilines is 1. The van der Waals surface area contributed by atoms with Crippen LogP contribution in [0.15, 0.2) is 24.4 Å². The number of carbonyl (C=O) groups is 2. The molecule has 1 aromatic heterocycles. The van der Waals surface area contributed by atoms with Crippen molar-refractivity contribution in [3.8, 4) is 5.75 Å². The quantitative estimate of drug-likeness (QED) is 0.804. The van der Waals surface area contributed by atoms with Crippen molar-refractivity contribution in [1.82, 2.24) is 9.78 Å². The summed E-state index contributed by atoms with van der Waals surface area (Å²) in [5, 5.41) is 16.2. The van der Waals surface area contributed by atoms with Crippen LogP contribution < -0.4 is 10.1 Å². The van der Waals surface area contributed by atoms with Crippen molar-refractivity contribution in [1.29, 1.82) is 0 Å². The molecule has 0 unspecified atom stereocenters. The third kappa shape index (κ3) is 4.17. The summed E-state index contributed by atoms with van der Waals surface area (Å²) >= 11 is 0. The molecule has 0 fully saturated rings. The maximum atomic E-state index is 12.6. The molecule has 7 nitrogen and oxygen atoms in total. The molecule has 1 aromatic carbocycles. The predicted molar refractivity (Wildman–Crippen MR) is 94.3 cm³/mol. The zero-order valence-corrected chi connectivity index (χ0v) is 14.9. The topological polar surface area (TPSA) is 93.5 Å². The normalized spacial score (nSPS) is 10.8. The second-order valence-electron chi connectivity index (χ2n) is 6.11. The first kappa shape index (κ1) is 18.5. The van der Waals surface area contributed by atoms with Crippen molar-refractivity contribution in [3.05, 3.63) is 41.2 Å². The first-order chi connectivity index (χ1) is 11.9. The number of nitrogens with zero attached hydrogens (tertiary/aromatic N) is 2. The van der Waals surface area contributed by atoms with Crippen LogP contribution in [-0.2, 0) is 13.0 Å². The lowest BCUT2D eigenvalue weighted by Gasteiger charge is -2.11. The van der Waals surface area contributed by atoms with Gasteiger partial charge in [-0.3, -0.25) is 9.48 Å². The van der Waals surface area contributed by atoms with E-state index in [0.29, 0.717) is 23.6 Å². The Balaban J connectivity index is 2.25. The van der Waals surface area contributed by atoms with Gasteiger partial charge < -0.3 is 15.2 Å². The number of methoxy groups -OCH3 is 1. The van der Waals surface area contributed by atoms with Gasteiger partial charge >= 0.3 is 5.97 Å². The van der Waals surface area contributed by atoms with E-state index < -0.39 is 5.97 Å². The highest BCUT2D eigenvalue weighted by Crippen LogP contribution is 2.24. The molecule has 0 atom stereocenters. The van der Waals surface area contributed by atoms with Crippen molar-refractivity contribution in [2.75, 3.05) is 12.4 Å². The number of carboxylic acid groups (broad SMARTS) is 1. The van der Waals surface area contributed by atoms with Gasteiger partial charge in [0.05, 0.1) is 24.6 Å². The SMILES string of the molecule is CCc1c(C(=O)Nc2ccc(C(=O)O)c(OC)c2)cnn1CC(C)C. The van der Waals surface area contributed by atoms with Crippen LogP contribution in [0.5, 0.6) is 5.75 Å². The van der Waals surface area contributed by atoms with E-state index in [1.165, 1.54) is 25.3 Å². The molecule has 134 valence electrons. The minimum atomic E-state index is -1.09. The van der Waals surface area contributed by atoms with Crippen molar-refractivity contribution < 1.29 is 19.4 Å². The third-order valence-electron chi connectivity index (χ3n) is 3.76. The predicted octanol–water partition coefficient (Wildman–Crippen LogP) is 3.06. The largest absolute Gasteiger partial charge is 0.496 e. The Morgan fingerprint density at radius 3 is 2.60 bits per heavy atom. The second kappa shape index (κ2) is 7.83. The molecule has 7 heteroatoms. The van der Waals surface area contributed by atoms with E-state index in [1.807, 2.05) is 11.6 Å². The number of aromatic nitrogens is 2. The summed E-state index contributed by atoms with van der Waals surface area (Å²) in [6.45, 7) is 6.92. The summed E-state index contributed by atoms with van der Waals surface area (Å²) in [7, 11) is 1.39. The van der Waals surface area contributed by atoms with Crippen LogP contribution in [0.4, 0.5) is 5.69 Å². The molecule has 0 saturated carbocycles. The minimum Gasteiger partial charge on any atom is -0.496 e. The molecule has 25 heavy (non-hydrogen) atoms. The highest BCUT2D eigenvalue weighted by molar-refractivity contribution is 6.05. The first-order valence-electron chi connectivity index (χ1n) is 8.14. The number of hydrogen-bond donors (Lipinski definition) is 2. The molecule has 0 saturated heterocycles. The van der Waals surface area contributed by atoms with Gasteiger partial charge in [-0.25, -0.2) is 4.79 Å². The lowest BCUT2D eigenvalue weighted by molar-refractivity contribution is 0.0693. The summed E-state index contributed by atoms with van der Waals surface area (Å²) in [4.78, 5) is 23.7. The number of rotatable bonds is 7. The first-order valence-corrected chi connectivity index (χ1v) is 8.14. The number of benzene rings is 1. The fourth-order valence-electron chi connectivity index (χ4n) is 2.62. The van der Waals surface area contributed by atoms with Gasteiger partial charge in [-0.15, -0.1) is 0 Å². The van der Waals surface area contributed by atoms with Crippen molar-refractivity contribution in [2.24, 2.45) is 5.92 Å². The smallest absolute Gasteiger partial charge is 0.339 e. The number of carboxylic acids is 1. The van der Waals surface area contributed by atoms with Crippen LogP contribution in [0.25, 0.3) is 0 Å². The molecule has 0 bridgehead atoms. The van der Waals surface area contributed by atoms with Gasteiger partial charge in [0.1, 0.15) is 11.3 Å². The maximum Gasteiger partial charge on any atom is 0.339 e. The summed E-state index contributed by atoms with van der Waals surface area (Å²) in [6.07, 6.45) is 2.26. The van der Waals surface area contributed by atoms with E-state index in [-0.39, 0.29) is 17.2 Å². The van der Waals surface area contributed by atoms with E-state index in [0.717, 1.165) is 12.2 Å². The Morgan fingerprint density at radius 1 is 1.32 bits per heavy atom. The van der Waals surface area contributed by atoms with Gasteiger partial charge in [0.25, 0.3) is 5.91 Å². The molecule has 1 heterocycles. The summed E-state index contributed by atoms with van der Waals surface area (Å²) in [5.74, 6) is -0.750. The molecule has 2 rings (SSSR count). The Kier molecular flexibility index (Phi) is 5.80. The molecule has 0 aliphatic rings. The van der Waals surface area contributed by atoms with E-state index in [4.69, 9.17) is 9.84 Å². The van der Waals surface area contributed by atoms with Gasteiger partial charge in [0.2, 0.25) is 0 Å². The molecule has 0 aliphatic heterocycles. The third-order valence-corrected chi connectivity index (χ3v) is 3.76. The van der Waals surface area contributed by atoms with Crippen molar-refractivity contribution in [2.45, 2.75) is 33.7 Å². The van der Waals surface area contributed by atoms with Gasteiger partial charge in [0.15, 0.2) is 0 Å². The molecule has 0 radical (unpaired) electrons. The van der Waals surface area contributed by atoms with E-state index >= 15 is 0 Å². The fraction of sp³-hybridized carbons (Fsp3) is 0.389. The summed E-state index contributed by atoms with van der Waals surface area (Å²) in [6, 6.07) is 4.43. The Morgan fingerprint density at radius 2 is 2.04 bits per heavy atom. The summed E-state index contributed by atoms with van der Waals surface area (Å²) < 4.78 is 6.93. The molecule has 2 N–H and O–H groups in total. The van der Waals surface area contributed by atoms with Crippen LogP contribution in [0, 0.1) is 5.92 Å². The monoisotopic (exact) mass is 345 g/mol. The van der Waals surface area contributed by atoms with Gasteiger partial charge in [-0.05, 0) is 24.5 Å². The van der Waals surface area contributed by atoms with Gasteiger partial charge in [0, 0.05) is 18.3 Å². The average Bonchev–Trinajstić information content (AvgIpc) is 2.96. The average molecular weight is 345 g/mol. The van der Waals surface area contributed by atoms with E-state index in [1.54, 1.807) is 6.20 Å². The van der Waals surface area contributed by atoms with Crippen LogP contribution in [0.2, 0.25) is 0 Å².